The Bertz CT molecular complexity index is 806. The molecular formula is C25H38N2O3. The lowest BCUT2D eigenvalue weighted by molar-refractivity contribution is -0.136. The zero-order chi connectivity index (χ0) is 21.7. The molecule has 5 nitrogen and oxygen atoms in total. The van der Waals surface area contributed by atoms with Crippen LogP contribution in [0.2, 0.25) is 0 Å². The molecule has 1 N–H and O–H groups in total. The van der Waals surface area contributed by atoms with Gasteiger partial charge in [0.2, 0.25) is 5.91 Å². The van der Waals surface area contributed by atoms with E-state index in [1.807, 2.05) is 6.92 Å². The van der Waals surface area contributed by atoms with Crippen molar-refractivity contribution in [3.8, 4) is 5.75 Å². The van der Waals surface area contributed by atoms with Crippen LogP contribution in [0, 0.1) is 22.7 Å². The van der Waals surface area contributed by atoms with Crippen LogP contribution in [-0.4, -0.2) is 44.2 Å². The Morgan fingerprint density at radius 1 is 1.33 bits per heavy atom. The van der Waals surface area contributed by atoms with E-state index < -0.39 is 0 Å². The minimum atomic E-state index is 0.0276. The molecule has 1 aromatic rings. The van der Waals surface area contributed by atoms with Gasteiger partial charge in [-0.3, -0.25) is 4.79 Å². The average Bonchev–Trinajstić information content (AvgIpc) is 3.15. The molecule has 166 valence electrons. The van der Waals surface area contributed by atoms with Crippen molar-refractivity contribution in [3.05, 3.63) is 29.3 Å². The van der Waals surface area contributed by atoms with E-state index in [9.17, 15) is 4.79 Å². The molecule has 2 aliphatic carbocycles. The van der Waals surface area contributed by atoms with Crippen LogP contribution in [0.1, 0.15) is 64.2 Å². The monoisotopic (exact) mass is 414 g/mol. The van der Waals surface area contributed by atoms with Gasteiger partial charge in [0.05, 0.1) is 12.7 Å². The lowest BCUT2D eigenvalue weighted by Crippen LogP contribution is -2.58. The van der Waals surface area contributed by atoms with Crippen molar-refractivity contribution in [1.82, 2.24) is 10.2 Å². The normalized spacial score (nSPS) is 34.1. The Hall–Kier alpha value is -1.59. The largest absolute Gasteiger partial charge is 0.493 e. The number of nitrogens with one attached hydrogen (secondary N) is 1. The molecule has 1 aromatic carbocycles. The Balaban J connectivity index is 1.73. The summed E-state index contributed by atoms with van der Waals surface area (Å²) in [6.07, 6.45) is 3.41. The number of carbonyl (C=O) groups excluding carboxylic acids is 1. The summed E-state index contributed by atoms with van der Waals surface area (Å²) in [4.78, 5) is 14.3. The van der Waals surface area contributed by atoms with Crippen molar-refractivity contribution in [2.45, 2.75) is 65.6 Å². The highest BCUT2D eigenvalue weighted by molar-refractivity contribution is 5.73. The highest BCUT2D eigenvalue weighted by Gasteiger charge is 2.68. The highest BCUT2D eigenvalue weighted by atomic mass is 16.5. The van der Waals surface area contributed by atoms with Gasteiger partial charge in [-0.2, -0.15) is 0 Å². The van der Waals surface area contributed by atoms with Gasteiger partial charge in [-0.25, -0.2) is 0 Å². The first-order valence-electron chi connectivity index (χ1n) is 11.5. The maximum Gasteiger partial charge on any atom is 0.217 e. The molecule has 3 fully saturated rings. The molecule has 30 heavy (non-hydrogen) atoms. The topological polar surface area (TPSA) is 50.8 Å². The predicted octanol–water partition coefficient (Wildman–Crippen LogP) is 4.17. The fraction of sp³-hybridized carbons (Fsp3) is 0.720. The molecule has 4 rings (SSSR count). The summed E-state index contributed by atoms with van der Waals surface area (Å²) >= 11 is 0. The molecule has 0 radical (unpaired) electrons. The van der Waals surface area contributed by atoms with Crippen LogP contribution in [-0.2, 0) is 16.1 Å². The van der Waals surface area contributed by atoms with Gasteiger partial charge in [0.25, 0.3) is 0 Å². The Morgan fingerprint density at radius 2 is 2.10 bits per heavy atom. The molecule has 1 amide bonds. The van der Waals surface area contributed by atoms with Crippen molar-refractivity contribution in [3.63, 3.8) is 0 Å². The summed E-state index contributed by atoms with van der Waals surface area (Å²) in [5, 5.41) is 3.37. The summed E-state index contributed by atoms with van der Waals surface area (Å²) in [5.41, 5.74) is 2.71. The molecule has 3 aliphatic rings. The molecule has 1 aliphatic heterocycles. The molecule has 1 saturated heterocycles. The second-order valence-corrected chi connectivity index (χ2v) is 10.5. The van der Waals surface area contributed by atoms with Crippen LogP contribution in [0.3, 0.4) is 0 Å². The van der Waals surface area contributed by atoms with E-state index in [-0.39, 0.29) is 28.9 Å². The number of hydrogen-bond donors (Lipinski definition) is 1. The SMILES string of the molecule is CCOc1ccc(CN(C)C)cc1[C@H]1OCCC23C[C@@H](C[C@H]12)C(C)(C)[C@@H]3NC(C)=O. The third kappa shape index (κ3) is 3.44. The molecule has 1 heterocycles. The lowest BCUT2D eigenvalue weighted by atomic mass is 9.58. The maximum absolute atomic E-state index is 12.1. The quantitative estimate of drug-likeness (QED) is 0.759. The number of rotatable bonds is 6. The van der Waals surface area contributed by atoms with Crippen LogP contribution in [0.25, 0.3) is 0 Å². The van der Waals surface area contributed by atoms with Gasteiger partial charge >= 0.3 is 0 Å². The van der Waals surface area contributed by atoms with Gasteiger partial charge in [-0.05, 0) is 80.6 Å². The first kappa shape index (κ1) is 21.6. The number of hydrogen-bond acceptors (Lipinski definition) is 4. The van der Waals surface area contributed by atoms with Gasteiger partial charge in [0.15, 0.2) is 0 Å². The van der Waals surface area contributed by atoms with E-state index in [0.717, 1.165) is 31.7 Å². The van der Waals surface area contributed by atoms with Gasteiger partial charge in [-0.1, -0.05) is 19.9 Å². The minimum absolute atomic E-state index is 0.0276. The maximum atomic E-state index is 12.1. The van der Waals surface area contributed by atoms with E-state index in [1.54, 1.807) is 6.92 Å². The smallest absolute Gasteiger partial charge is 0.217 e. The molecular weight excluding hydrogens is 376 g/mol. The predicted molar refractivity (Wildman–Crippen MR) is 118 cm³/mol. The van der Waals surface area contributed by atoms with E-state index in [1.165, 1.54) is 17.5 Å². The number of carbonyl (C=O) groups is 1. The summed E-state index contributed by atoms with van der Waals surface area (Å²) in [5.74, 6) is 2.05. The van der Waals surface area contributed by atoms with Crippen molar-refractivity contribution >= 4 is 5.91 Å². The van der Waals surface area contributed by atoms with Crippen LogP contribution >= 0.6 is 0 Å². The highest BCUT2D eigenvalue weighted by Crippen LogP contribution is 2.70. The van der Waals surface area contributed by atoms with E-state index in [0.29, 0.717) is 18.4 Å². The summed E-state index contributed by atoms with van der Waals surface area (Å²) in [6, 6.07) is 6.78. The van der Waals surface area contributed by atoms with Crippen molar-refractivity contribution < 1.29 is 14.3 Å². The first-order valence-corrected chi connectivity index (χ1v) is 11.5. The molecule has 2 saturated carbocycles. The Labute approximate surface area is 181 Å². The molecule has 2 bridgehead atoms. The van der Waals surface area contributed by atoms with Gasteiger partial charge in [-0.15, -0.1) is 0 Å². The van der Waals surface area contributed by atoms with E-state index >= 15 is 0 Å². The standard InChI is InChI=1S/C25H38N2O3/c1-7-29-21-9-8-17(15-27(5)6)12-19(21)22-20-13-18-14-25(20,10-11-30-22)23(24(18,3)4)26-16(2)28/h8-9,12,18,20,22-23H,7,10-11,13-15H2,1-6H3,(H,26,28)/t18-,20-,22-,23+,25?/m1/s1. The van der Waals surface area contributed by atoms with Crippen molar-refractivity contribution in [1.29, 1.82) is 0 Å². The summed E-state index contributed by atoms with van der Waals surface area (Å²) < 4.78 is 12.5. The minimum Gasteiger partial charge on any atom is -0.493 e. The summed E-state index contributed by atoms with van der Waals surface area (Å²) in [7, 11) is 4.19. The third-order valence-corrected chi connectivity index (χ3v) is 8.03. The fourth-order valence-electron chi connectivity index (χ4n) is 6.87. The fourth-order valence-corrected chi connectivity index (χ4v) is 6.87. The molecule has 5 heteroatoms. The van der Waals surface area contributed by atoms with Crippen LogP contribution < -0.4 is 10.1 Å². The van der Waals surface area contributed by atoms with Gasteiger partial charge in [0, 0.05) is 31.7 Å². The lowest BCUT2D eigenvalue weighted by Gasteiger charge is -2.53. The van der Waals surface area contributed by atoms with Crippen LogP contribution in [0.5, 0.6) is 5.75 Å². The number of benzene rings is 1. The number of fused-ring (bicyclic) bond motifs is 1. The average molecular weight is 415 g/mol. The summed E-state index contributed by atoms with van der Waals surface area (Å²) in [6.45, 7) is 10.7. The third-order valence-electron chi connectivity index (χ3n) is 8.03. The second-order valence-electron chi connectivity index (χ2n) is 10.5. The Morgan fingerprint density at radius 3 is 2.77 bits per heavy atom. The zero-order valence-corrected chi connectivity index (χ0v) is 19.5. The number of nitrogens with zero attached hydrogens (tertiary/aromatic N) is 1. The van der Waals surface area contributed by atoms with Gasteiger partial charge in [0.1, 0.15) is 5.75 Å². The van der Waals surface area contributed by atoms with Crippen LogP contribution in [0.4, 0.5) is 0 Å². The second kappa shape index (κ2) is 7.83. The number of ether oxygens (including phenoxy) is 2. The van der Waals surface area contributed by atoms with Crippen molar-refractivity contribution in [2.75, 3.05) is 27.3 Å². The molecule has 0 aromatic heterocycles. The number of amides is 1. The van der Waals surface area contributed by atoms with E-state index in [4.69, 9.17) is 9.47 Å². The van der Waals surface area contributed by atoms with Crippen molar-refractivity contribution in [2.24, 2.45) is 22.7 Å². The van der Waals surface area contributed by atoms with Crippen LogP contribution in [0.15, 0.2) is 18.2 Å². The Kier molecular flexibility index (Phi) is 5.65. The van der Waals surface area contributed by atoms with Gasteiger partial charge < -0.3 is 19.7 Å². The van der Waals surface area contributed by atoms with E-state index in [2.05, 4.69) is 56.4 Å². The molecule has 1 unspecified atom stereocenters. The first-order chi connectivity index (χ1) is 14.2. The molecule has 5 atom stereocenters. The zero-order valence-electron chi connectivity index (χ0n) is 19.5. The molecule has 1 spiro atoms.